The molecule has 0 aliphatic heterocycles. The van der Waals surface area contributed by atoms with Crippen LogP contribution in [0.15, 0.2) is 58.2 Å². The molecule has 0 spiro atoms. The van der Waals surface area contributed by atoms with Gasteiger partial charge in [-0.2, -0.15) is 0 Å². The van der Waals surface area contributed by atoms with Crippen LogP contribution in [-0.2, 0) is 4.79 Å². The Hall–Kier alpha value is -2.31. The largest absolute Gasteiger partial charge is 0.411 e. The second-order valence-corrected chi connectivity index (χ2v) is 6.39. The summed E-state index contributed by atoms with van der Waals surface area (Å²) in [7, 11) is 0. The third-order valence-electron chi connectivity index (χ3n) is 3.24. The third kappa shape index (κ3) is 4.15. The maximum atomic E-state index is 12.0. The number of nitrogens with one attached hydrogen (secondary N) is 1. The third-order valence-corrected chi connectivity index (χ3v) is 4.31. The molecule has 3 rings (SSSR count). The van der Waals surface area contributed by atoms with Crippen molar-refractivity contribution in [3.63, 3.8) is 0 Å². The van der Waals surface area contributed by atoms with Crippen molar-refractivity contribution < 1.29 is 9.21 Å². The van der Waals surface area contributed by atoms with Crippen molar-refractivity contribution in [2.45, 2.75) is 12.1 Å². The first kappa shape index (κ1) is 16.5. The van der Waals surface area contributed by atoms with Gasteiger partial charge >= 0.3 is 0 Å². The number of aromatic nitrogens is 2. The van der Waals surface area contributed by atoms with Gasteiger partial charge < -0.3 is 9.73 Å². The Morgan fingerprint density at radius 2 is 1.92 bits per heavy atom. The average Bonchev–Trinajstić information content (AvgIpc) is 3.05. The standard InChI is InChI=1S/C17H14ClN3O2S/c1-11-4-2-3-5-14(11)19-15(22)10-24-17-21-20-16(23-17)12-6-8-13(18)9-7-12/h2-9H,10H2,1H3,(H,19,22). The molecule has 24 heavy (non-hydrogen) atoms. The molecule has 0 radical (unpaired) electrons. The highest BCUT2D eigenvalue weighted by Crippen LogP contribution is 2.24. The van der Waals surface area contributed by atoms with Crippen LogP contribution in [0.5, 0.6) is 0 Å². The van der Waals surface area contributed by atoms with Gasteiger partial charge in [-0.3, -0.25) is 4.79 Å². The summed E-state index contributed by atoms with van der Waals surface area (Å²) in [6.45, 7) is 1.94. The van der Waals surface area contributed by atoms with Crippen LogP contribution in [-0.4, -0.2) is 21.9 Å². The van der Waals surface area contributed by atoms with E-state index in [4.69, 9.17) is 16.0 Å². The van der Waals surface area contributed by atoms with Crippen LogP contribution in [0.1, 0.15) is 5.56 Å². The van der Waals surface area contributed by atoms with Gasteiger partial charge in [0, 0.05) is 16.3 Å². The number of para-hydroxylation sites is 1. The van der Waals surface area contributed by atoms with E-state index in [1.807, 2.05) is 31.2 Å². The monoisotopic (exact) mass is 359 g/mol. The Bertz CT molecular complexity index is 849. The lowest BCUT2D eigenvalue weighted by molar-refractivity contribution is -0.113. The molecule has 0 saturated heterocycles. The molecule has 0 aliphatic carbocycles. The number of benzene rings is 2. The Balaban J connectivity index is 1.58. The average molecular weight is 360 g/mol. The summed E-state index contributed by atoms with van der Waals surface area (Å²) in [5.41, 5.74) is 2.59. The Labute approximate surface area is 148 Å². The van der Waals surface area contributed by atoms with Gasteiger partial charge in [-0.25, -0.2) is 0 Å². The molecule has 0 fully saturated rings. The van der Waals surface area contributed by atoms with Crippen molar-refractivity contribution in [1.82, 2.24) is 10.2 Å². The first-order chi connectivity index (χ1) is 11.6. The molecule has 0 bridgehead atoms. The zero-order valence-electron chi connectivity index (χ0n) is 12.8. The number of carbonyl (C=O) groups is 1. The number of anilines is 1. The molecule has 1 heterocycles. The number of hydrogen-bond donors (Lipinski definition) is 1. The van der Waals surface area contributed by atoms with Gasteiger partial charge in [-0.15, -0.1) is 10.2 Å². The fourth-order valence-corrected chi connectivity index (χ4v) is 2.69. The summed E-state index contributed by atoms with van der Waals surface area (Å²) < 4.78 is 5.55. The maximum Gasteiger partial charge on any atom is 0.277 e. The van der Waals surface area contributed by atoms with Crippen molar-refractivity contribution >= 4 is 35.0 Å². The van der Waals surface area contributed by atoms with Gasteiger partial charge in [0.1, 0.15) is 0 Å². The molecule has 0 unspecified atom stereocenters. The zero-order chi connectivity index (χ0) is 16.9. The summed E-state index contributed by atoms with van der Waals surface area (Å²) in [4.78, 5) is 12.0. The van der Waals surface area contributed by atoms with E-state index < -0.39 is 0 Å². The van der Waals surface area contributed by atoms with E-state index in [9.17, 15) is 4.79 Å². The van der Waals surface area contributed by atoms with Crippen molar-refractivity contribution in [2.75, 3.05) is 11.1 Å². The SMILES string of the molecule is Cc1ccccc1NC(=O)CSc1nnc(-c2ccc(Cl)cc2)o1. The molecule has 1 amide bonds. The normalized spacial score (nSPS) is 10.6. The molecule has 0 aliphatic rings. The number of amides is 1. The minimum absolute atomic E-state index is 0.124. The smallest absolute Gasteiger partial charge is 0.277 e. The lowest BCUT2D eigenvalue weighted by Crippen LogP contribution is -2.14. The molecule has 1 aromatic heterocycles. The molecule has 5 nitrogen and oxygen atoms in total. The van der Waals surface area contributed by atoms with E-state index >= 15 is 0 Å². The predicted molar refractivity (Wildman–Crippen MR) is 95.3 cm³/mol. The van der Waals surface area contributed by atoms with Gasteiger partial charge in [-0.05, 0) is 42.8 Å². The molecule has 0 saturated carbocycles. The number of aryl methyl sites for hydroxylation is 1. The van der Waals surface area contributed by atoms with Crippen LogP contribution in [0.4, 0.5) is 5.69 Å². The summed E-state index contributed by atoms with van der Waals surface area (Å²) in [5.74, 6) is 0.463. The van der Waals surface area contributed by atoms with E-state index in [1.54, 1.807) is 24.3 Å². The van der Waals surface area contributed by atoms with Crippen LogP contribution in [0.25, 0.3) is 11.5 Å². The summed E-state index contributed by atoms with van der Waals surface area (Å²) in [6.07, 6.45) is 0. The topological polar surface area (TPSA) is 68.0 Å². The van der Waals surface area contributed by atoms with E-state index in [2.05, 4.69) is 15.5 Å². The number of carbonyl (C=O) groups excluding carboxylic acids is 1. The summed E-state index contributed by atoms with van der Waals surface area (Å²) in [5, 5.41) is 11.8. The lowest BCUT2D eigenvalue weighted by atomic mass is 10.2. The summed E-state index contributed by atoms with van der Waals surface area (Å²) in [6, 6.07) is 14.7. The molecule has 0 atom stereocenters. The lowest BCUT2D eigenvalue weighted by Gasteiger charge is -2.06. The van der Waals surface area contributed by atoms with Crippen molar-refractivity contribution in [2.24, 2.45) is 0 Å². The summed E-state index contributed by atoms with van der Waals surface area (Å²) >= 11 is 7.05. The minimum Gasteiger partial charge on any atom is -0.411 e. The second kappa shape index (κ2) is 7.51. The van der Waals surface area contributed by atoms with Gasteiger partial charge in [0.2, 0.25) is 11.8 Å². The van der Waals surface area contributed by atoms with Crippen LogP contribution < -0.4 is 5.32 Å². The van der Waals surface area contributed by atoms with E-state index in [-0.39, 0.29) is 11.7 Å². The predicted octanol–water partition coefficient (Wildman–Crippen LogP) is 4.43. The highest BCUT2D eigenvalue weighted by atomic mass is 35.5. The quantitative estimate of drug-likeness (QED) is 0.682. The molecular weight excluding hydrogens is 346 g/mol. The van der Waals surface area contributed by atoms with Crippen molar-refractivity contribution in [3.8, 4) is 11.5 Å². The fourth-order valence-electron chi connectivity index (χ4n) is 2.00. The molecule has 3 aromatic rings. The first-order valence-electron chi connectivity index (χ1n) is 7.19. The first-order valence-corrected chi connectivity index (χ1v) is 8.56. The van der Waals surface area contributed by atoms with Gasteiger partial charge in [0.15, 0.2) is 0 Å². The van der Waals surface area contributed by atoms with Crippen LogP contribution in [0, 0.1) is 6.92 Å². The maximum absolute atomic E-state index is 12.0. The van der Waals surface area contributed by atoms with Gasteiger partial charge in [0.25, 0.3) is 5.22 Å². The fraction of sp³-hybridized carbons (Fsp3) is 0.118. The Morgan fingerprint density at radius 3 is 2.67 bits per heavy atom. The Morgan fingerprint density at radius 1 is 1.17 bits per heavy atom. The Kier molecular flexibility index (Phi) is 5.17. The van der Waals surface area contributed by atoms with E-state index in [0.29, 0.717) is 16.1 Å². The zero-order valence-corrected chi connectivity index (χ0v) is 14.4. The number of rotatable bonds is 5. The van der Waals surface area contributed by atoms with Crippen LogP contribution >= 0.6 is 23.4 Å². The number of halogens is 1. The van der Waals surface area contributed by atoms with E-state index in [1.165, 1.54) is 11.8 Å². The van der Waals surface area contributed by atoms with Gasteiger partial charge in [-0.1, -0.05) is 41.6 Å². The minimum atomic E-state index is -0.124. The molecular formula is C17H14ClN3O2S. The van der Waals surface area contributed by atoms with Crippen LogP contribution in [0.2, 0.25) is 5.02 Å². The van der Waals surface area contributed by atoms with E-state index in [0.717, 1.165) is 16.8 Å². The highest BCUT2D eigenvalue weighted by molar-refractivity contribution is 7.99. The molecule has 1 N–H and O–H groups in total. The van der Waals surface area contributed by atoms with Crippen LogP contribution in [0.3, 0.4) is 0 Å². The van der Waals surface area contributed by atoms with Crippen molar-refractivity contribution in [3.05, 3.63) is 59.1 Å². The second-order valence-electron chi connectivity index (χ2n) is 5.03. The number of thioether (sulfide) groups is 1. The molecule has 2 aromatic carbocycles. The number of nitrogens with zero attached hydrogens (tertiary/aromatic N) is 2. The van der Waals surface area contributed by atoms with Gasteiger partial charge in [0.05, 0.1) is 5.75 Å². The van der Waals surface area contributed by atoms with Crippen molar-refractivity contribution in [1.29, 1.82) is 0 Å². The molecule has 122 valence electrons. The highest BCUT2D eigenvalue weighted by Gasteiger charge is 2.11. The number of hydrogen-bond acceptors (Lipinski definition) is 5. The molecule has 7 heteroatoms.